The standard InChI is InChI=1S/C13H20BrNO/c1-13(2,10-14)15(3)9-11-6-5-7-12(8-11)16-4/h5-8H,9-10H2,1-4H3. The molecule has 0 amide bonds. The lowest BCUT2D eigenvalue weighted by Crippen LogP contribution is -2.41. The van der Waals surface area contributed by atoms with Crippen LogP contribution in [-0.4, -0.2) is 29.9 Å². The minimum Gasteiger partial charge on any atom is -0.497 e. The monoisotopic (exact) mass is 285 g/mol. The summed E-state index contributed by atoms with van der Waals surface area (Å²) in [6, 6.07) is 8.21. The molecule has 0 saturated heterocycles. The van der Waals surface area contributed by atoms with Crippen molar-refractivity contribution in [3.63, 3.8) is 0 Å². The first-order valence-electron chi connectivity index (χ1n) is 5.40. The molecule has 3 heteroatoms. The average molecular weight is 286 g/mol. The highest BCUT2D eigenvalue weighted by atomic mass is 79.9. The van der Waals surface area contributed by atoms with E-state index in [1.807, 2.05) is 12.1 Å². The number of rotatable bonds is 5. The van der Waals surface area contributed by atoms with Gasteiger partial charge in [0.05, 0.1) is 7.11 Å². The molecule has 0 aliphatic carbocycles. The van der Waals surface area contributed by atoms with E-state index in [4.69, 9.17) is 4.74 Å². The minimum atomic E-state index is 0.156. The lowest BCUT2D eigenvalue weighted by molar-refractivity contribution is 0.173. The molecule has 1 aromatic carbocycles. The summed E-state index contributed by atoms with van der Waals surface area (Å²) in [4.78, 5) is 2.33. The Morgan fingerprint density at radius 3 is 2.62 bits per heavy atom. The number of hydrogen-bond acceptors (Lipinski definition) is 2. The van der Waals surface area contributed by atoms with E-state index in [-0.39, 0.29) is 5.54 Å². The van der Waals surface area contributed by atoms with E-state index in [1.54, 1.807) is 7.11 Å². The van der Waals surface area contributed by atoms with Gasteiger partial charge in [-0.2, -0.15) is 0 Å². The van der Waals surface area contributed by atoms with Gasteiger partial charge < -0.3 is 4.74 Å². The number of halogens is 1. The molecular formula is C13H20BrNO. The van der Waals surface area contributed by atoms with Crippen LogP contribution in [0.15, 0.2) is 24.3 Å². The van der Waals surface area contributed by atoms with Gasteiger partial charge in [-0.25, -0.2) is 0 Å². The van der Waals surface area contributed by atoms with Crippen LogP contribution in [0.1, 0.15) is 19.4 Å². The van der Waals surface area contributed by atoms with Crippen molar-refractivity contribution >= 4 is 15.9 Å². The fourth-order valence-corrected chi connectivity index (χ4v) is 1.79. The molecule has 0 aliphatic rings. The van der Waals surface area contributed by atoms with Crippen LogP contribution in [0.2, 0.25) is 0 Å². The highest BCUT2D eigenvalue weighted by Crippen LogP contribution is 2.20. The minimum absolute atomic E-state index is 0.156. The van der Waals surface area contributed by atoms with Crippen LogP contribution in [-0.2, 0) is 6.54 Å². The van der Waals surface area contributed by atoms with E-state index in [9.17, 15) is 0 Å². The van der Waals surface area contributed by atoms with E-state index < -0.39 is 0 Å². The smallest absolute Gasteiger partial charge is 0.119 e. The van der Waals surface area contributed by atoms with Crippen LogP contribution in [0.5, 0.6) is 5.75 Å². The Morgan fingerprint density at radius 1 is 1.38 bits per heavy atom. The highest BCUT2D eigenvalue weighted by molar-refractivity contribution is 9.09. The van der Waals surface area contributed by atoms with Gasteiger partial charge in [-0.05, 0) is 38.6 Å². The van der Waals surface area contributed by atoms with Gasteiger partial charge in [0.25, 0.3) is 0 Å². The number of nitrogens with zero attached hydrogens (tertiary/aromatic N) is 1. The van der Waals surface area contributed by atoms with Gasteiger partial charge in [0.15, 0.2) is 0 Å². The third-order valence-corrected chi connectivity index (χ3v) is 4.29. The molecule has 0 fully saturated rings. The predicted octanol–water partition coefficient (Wildman–Crippen LogP) is 3.30. The van der Waals surface area contributed by atoms with Crippen molar-refractivity contribution in [2.45, 2.75) is 25.9 Å². The molecule has 16 heavy (non-hydrogen) atoms. The van der Waals surface area contributed by atoms with E-state index in [2.05, 4.69) is 53.9 Å². The molecule has 0 spiro atoms. The zero-order chi connectivity index (χ0) is 12.2. The predicted molar refractivity (Wildman–Crippen MR) is 72.3 cm³/mol. The van der Waals surface area contributed by atoms with Crippen LogP contribution >= 0.6 is 15.9 Å². The maximum atomic E-state index is 5.22. The van der Waals surface area contributed by atoms with Crippen LogP contribution in [0, 0.1) is 0 Å². The number of ether oxygens (including phenoxy) is 1. The summed E-state index contributed by atoms with van der Waals surface area (Å²) >= 11 is 3.55. The second kappa shape index (κ2) is 5.69. The normalized spacial score (nSPS) is 11.9. The molecule has 2 nitrogen and oxygen atoms in total. The van der Waals surface area contributed by atoms with Crippen molar-refractivity contribution in [2.75, 3.05) is 19.5 Å². The molecule has 0 saturated carbocycles. The van der Waals surface area contributed by atoms with Crippen LogP contribution in [0.25, 0.3) is 0 Å². The highest BCUT2D eigenvalue weighted by Gasteiger charge is 2.21. The van der Waals surface area contributed by atoms with Gasteiger partial charge in [0, 0.05) is 17.4 Å². The van der Waals surface area contributed by atoms with Gasteiger partial charge in [-0.1, -0.05) is 28.1 Å². The maximum Gasteiger partial charge on any atom is 0.119 e. The Morgan fingerprint density at radius 2 is 2.06 bits per heavy atom. The second-order valence-electron chi connectivity index (χ2n) is 4.65. The summed E-state index contributed by atoms with van der Waals surface area (Å²) in [6.45, 7) is 5.37. The zero-order valence-corrected chi connectivity index (χ0v) is 12.0. The SMILES string of the molecule is COc1cccc(CN(C)C(C)(C)CBr)c1. The molecule has 0 atom stereocenters. The van der Waals surface area contributed by atoms with Crippen molar-refractivity contribution in [3.8, 4) is 5.75 Å². The summed E-state index contributed by atoms with van der Waals surface area (Å²) < 4.78 is 5.22. The lowest BCUT2D eigenvalue weighted by atomic mass is 10.1. The Balaban J connectivity index is 2.72. The largest absolute Gasteiger partial charge is 0.497 e. The molecule has 1 aromatic rings. The maximum absolute atomic E-state index is 5.22. The molecule has 0 aromatic heterocycles. The first kappa shape index (κ1) is 13.5. The van der Waals surface area contributed by atoms with Crippen molar-refractivity contribution in [1.82, 2.24) is 4.90 Å². The summed E-state index contributed by atoms with van der Waals surface area (Å²) in [7, 11) is 3.84. The van der Waals surface area contributed by atoms with Crippen molar-refractivity contribution in [3.05, 3.63) is 29.8 Å². The molecule has 1 rings (SSSR count). The fraction of sp³-hybridized carbons (Fsp3) is 0.538. The van der Waals surface area contributed by atoms with E-state index >= 15 is 0 Å². The summed E-state index contributed by atoms with van der Waals surface area (Å²) in [5.74, 6) is 0.919. The topological polar surface area (TPSA) is 12.5 Å². The third-order valence-electron chi connectivity index (χ3n) is 2.91. The molecular weight excluding hydrogens is 266 g/mol. The molecule has 90 valence electrons. The van der Waals surface area contributed by atoms with Gasteiger partial charge in [0.2, 0.25) is 0 Å². The van der Waals surface area contributed by atoms with Gasteiger partial charge in [0.1, 0.15) is 5.75 Å². The van der Waals surface area contributed by atoms with Crippen molar-refractivity contribution in [1.29, 1.82) is 0 Å². The Bertz CT molecular complexity index is 338. The quantitative estimate of drug-likeness (QED) is 0.770. The van der Waals surface area contributed by atoms with E-state index in [1.165, 1.54) is 5.56 Å². The first-order valence-corrected chi connectivity index (χ1v) is 6.52. The molecule has 0 radical (unpaired) electrons. The second-order valence-corrected chi connectivity index (χ2v) is 5.21. The van der Waals surface area contributed by atoms with Crippen molar-refractivity contribution < 1.29 is 4.74 Å². The average Bonchev–Trinajstić information content (AvgIpc) is 2.29. The fourth-order valence-electron chi connectivity index (χ4n) is 1.36. The Hall–Kier alpha value is -0.540. The molecule has 0 aliphatic heterocycles. The number of benzene rings is 1. The van der Waals surface area contributed by atoms with Gasteiger partial charge in [-0.3, -0.25) is 4.90 Å². The number of methoxy groups -OCH3 is 1. The van der Waals surface area contributed by atoms with E-state index in [0.717, 1.165) is 17.6 Å². The molecule has 0 unspecified atom stereocenters. The third kappa shape index (κ3) is 3.49. The molecule has 0 bridgehead atoms. The number of hydrogen-bond donors (Lipinski definition) is 0. The zero-order valence-electron chi connectivity index (χ0n) is 10.5. The van der Waals surface area contributed by atoms with Gasteiger partial charge in [-0.15, -0.1) is 0 Å². The summed E-state index contributed by atoms with van der Waals surface area (Å²) in [6.07, 6.45) is 0. The summed E-state index contributed by atoms with van der Waals surface area (Å²) in [5, 5.41) is 0.959. The van der Waals surface area contributed by atoms with Crippen LogP contribution in [0.3, 0.4) is 0 Å². The Labute approximate surface area is 107 Å². The first-order chi connectivity index (χ1) is 7.49. The van der Waals surface area contributed by atoms with Crippen LogP contribution < -0.4 is 4.74 Å². The lowest BCUT2D eigenvalue weighted by Gasteiger charge is -2.34. The summed E-state index contributed by atoms with van der Waals surface area (Å²) in [5.41, 5.74) is 1.43. The van der Waals surface area contributed by atoms with E-state index in [0.29, 0.717) is 0 Å². The Kier molecular flexibility index (Phi) is 4.81. The van der Waals surface area contributed by atoms with Crippen molar-refractivity contribution in [2.24, 2.45) is 0 Å². The van der Waals surface area contributed by atoms with Crippen LogP contribution in [0.4, 0.5) is 0 Å². The molecule has 0 N–H and O–H groups in total. The molecule has 0 heterocycles. The van der Waals surface area contributed by atoms with Gasteiger partial charge >= 0.3 is 0 Å². The number of alkyl halides is 1.